The maximum absolute atomic E-state index is 12.9. The highest BCUT2D eigenvalue weighted by Gasteiger charge is 2.43. The molecule has 0 saturated heterocycles. The molecule has 5 aromatic rings. The second kappa shape index (κ2) is 10.8. The Labute approximate surface area is 230 Å². The highest BCUT2D eigenvalue weighted by Crippen LogP contribution is 2.49. The van der Waals surface area contributed by atoms with E-state index in [4.69, 9.17) is 21.3 Å². The minimum Gasteiger partial charge on any atom is -0.481 e. The number of ether oxygens (including phenoxy) is 1. The van der Waals surface area contributed by atoms with E-state index in [-0.39, 0.29) is 0 Å². The molecule has 2 N–H and O–H groups in total. The van der Waals surface area contributed by atoms with Gasteiger partial charge < -0.3 is 15.2 Å². The van der Waals surface area contributed by atoms with Crippen LogP contribution in [0.5, 0.6) is 5.88 Å². The maximum atomic E-state index is 12.9. The average molecular weight is 576 g/mol. The van der Waals surface area contributed by atoms with Gasteiger partial charge in [0.25, 0.3) is 0 Å². The Morgan fingerprint density at radius 3 is 2.49 bits per heavy atom. The highest BCUT2D eigenvalue weighted by molar-refractivity contribution is 9.10. The minimum atomic E-state index is -1.30. The van der Waals surface area contributed by atoms with Crippen molar-refractivity contribution in [2.45, 2.75) is 17.9 Å². The Bertz CT molecular complexity index is 1550. The van der Waals surface area contributed by atoms with Gasteiger partial charge in [0, 0.05) is 26.4 Å². The lowest BCUT2D eigenvalue weighted by Crippen LogP contribution is -2.37. The molecule has 2 atom stereocenters. The largest absolute Gasteiger partial charge is 0.481 e. The Morgan fingerprint density at radius 2 is 1.73 bits per heavy atom. The van der Waals surface area contributed by atoms with E-state index >= 15 is 0 Å². The summed E-state index contributed by atoms with van der Waals surface area (Å²) in [4.78, 5) is 4.85. The molecule has 5 rings (SSSR count). The van der Waals surface area contributed by atoms with E-state index in [2.05, 4.69) is 45.5 Å². The van der Waals surface area contributed by atoms with Crippen molar-refractivity contribution in [3.8, 4) is 5.88 Å². The third-order valence-electron chi connectivity index (χ3n) is 6.97. The second-order valence-electron chi connectivity index (χ2n) is 9.21. The summed E-state index contributed by atoms with van der Waals surface area (Å²) in [6.07, 6.45) is 0.463. The molecule has 0 radical (unpaired) electrons. The van der Waals surface area contributed by atoms with E-state index in [0.29, 0.717) is 23.9 Å². The molecule has 0 unspecified atom stereocenters. The second-order valence-corrected chi connectivity index (χ2v) is 10.6. The van der Waals surface area contributed by atoms with Gasteiger partial charge in [-0.25, -0.2) is 4.98 Å². The maximum Gasteiger partial charge on any atom is 0.217 e. The van der Waals surface area contributed by atoms with E-state index in [0.717, 1.165) is 42.8 Å². The van der Waals surface area contributed by atoms with Gasteiger partial charge in [-0.05, 0) is 78.3 Å². The molecule has 0 amide bonds. The van der Waals surface area contributed by atoms with Crippen molar-refractivity contribution < 1.29 is 9.84 Å². The number of hydrogen-bond acceptors (Lipinski definition) is 4. The van der Waals surface area contributed by atoms with Crippen molar-refractivity contribution in [2.24, 2.45) is 0 Å². The van der Waals surface area contributed by atoms with Crippen LogP contribution >= 0.6 is 27.5 Å². The number of hydrogen-bond donors (Lipinski definition) is 2. The van der Waals surface area contributed by atoms with Crippen molar-refractivity contribution in [1.82, 2.24) is 10.3 Å². The van der Waals surface area contributed by atoms with Crippen LogP contribution in [0.2, 0.25) is 5.02 Å². The summed E-state index contributed by atoms with van der Waals surface area (Å²) in [5.74, 6) is -0.00681. The zero-order valence-electron chi connectivity index (χ0n) is 20.7. The fourth-order valence-corrected chi connectivity index (χ4v) is 5.74. The van der Waals surface area contributed by atoms with Crippen LogP contribution in [-0.4, -0.2) is 30.8 Å². The summed E-state index contributed by atoms with van der Waals surface area (Å²) in [5, 5.41) is 19.8. The lowest BCUT2D eigenvalue weighted by Gasteiger charge is -2.39. The highest BCUT2D eigenvalue weighted by atomic mass is 79.9. The molecule has 0 bridgehead atoms. The van der Waals surface area contributed by atoms with Crippen LogP contribution in [0.4, 0.5) is 0 Å². The first-order chi connectivity index (χ1) is 17.9. The molecule has 188 valence electrons. The molecule has 6 heteroatoms. The minimum absolute atomic E-state index is 0.463. The van der Waals surface area contributed by atoms with Gasteiger partial charge in [-0.2, -0.15) is 0 Å². The van der Waals surface area contributed by atoms with E-state index in [1.807, 2.05) is 73.8 Å². The molecule has 0 spiro atoms. The molecule has 0 saturated carbocycles. The molecule has 1 aromatic heterocycles. The quantitative estimate of drug-likeness (QED) is 0.202. The number of methoxy groups -OCH3 is 1. The molecular weight excluding hydrogens is 548 g/mol. The van der Waals surface area contributed by atoms with E-state index in [1.54, 1.807) is 7.11 Å². The van der Waals surface area contributed by atoms with Gasteiger partial charge in [0.2, 0.25) is 5.88 Å². The Balaban J connectivity index is 1.85. The zero-order valence-corrected chi connectivity index (χ0v) is 23.1. The van der Waals surface area contributed by atoms with Crippen LogP contribution in [-0.2, 0) is 5.60 Å². The van der Waals surface area contributed by atoms with E-state index < -0.39 is 11.5 Å². The summed E-state index contributed by atoms with van der Waals surface area (Å²) < 4.78 is 6.82. The summed E-state index contributed by atoms with van der Waals surface area (Å²) in [6, 6.07) is 30.0. The van der Waals surface area contributed by atoms with Crippen molar-refractivity contribution >= 4 is 49.2 Å². The number of aromatic nitrogens is 1. The molecule has 0 aliphatic heterocycles. The number of rotatable bonds is 8. The van der Waals surface area contributed by atoms with Crippen LogP contribution < -0.4 is 10.1 Å². The number of aliphatic hydroxyl groups is 1. The van der Waals surface area contributed by atoms with Crippen LogP contribution in [0, 0.1) is 0 Å². The van der Waals surface area contributed by atoms with Gasteiger partial charge >= 0.3 is 0 Å². The van der Waals surface area contributed by atoms with Gasteiger partial charge in [-0.1, -0.05) is 82.1 Å². The molecule has 1 heterocycles. The van der Waals surface area contributed by atoms with Gasteiger partial charge in [0.15, 0.2) is 0 Å². The van der Waals surface area contributed by atoms with Crippen molar-refractivity contribution in [2.75, 3.05) is 20.7 Å². The monoisotopic (exact) mass is 574 g/mol. The van der Waals surface area contributed by atoms with Crippen molar-refractivity contribution in [3.05, 3.63) is 117 Å². The summed E-state index contributed by atoms with van der Waals surface area (Å²) in [5.41, 5.74) is 2.11. The van der Waals surface area contributed by atoms with Crippen LogP contribution in [0.15, 0.2) is 95.5 Å². The normalized spacial score (nSPS) is 14.0. The molecule has 0 aliphatic rings. The Morgan fingerprint density at radius 1 is 0.973 bits per heavy atom. The van der Waals surface area contributed by atoms with Gasteiger partial charge in [-0.15, -0.1) is 0 Å². The first kappa shape index (κ1) is 25.7. The molecular formula is C31H28BrClN2O2. The fraction of sp³-hybridized carbons (Fsp3) is 0.194. The Kier molecular flexibility index (Phi) is 7.50. The van der Waals surface area contributed by atoms with Crippen molar-refractivity contribution in [1.29, 1.82) is 0 Å². The predicted octanol–water partition coefficient (Wildman–Crippen LogP) is 7.44. The number of fused-ring (bicyclic) bond motifs is 2. The van der Waals surface area contributed by atoms with E-state index in [1.165, 1.54) is 0 Å². The number of nitrogens with zero attached hydrogens (tertiary/aromatic N) is 1. The van der Waals surface area contributed by atoms with Gasteiger partial charge in [0.05, 0.1) is 12.6 Å². The van der Waals surface area contributed by atoms with E-state index in [9.17, 15) is 5.11 Å². The number of halogens is 2. The third-order valence-corrected chi connectivity index (χ3v) is 7.71. The number of nitrogens with one attached hydrogen (secondary N) is 1. The van der Waals surface area contributed by atoms with Crippen molar-refractivity contribution in [3.63, 3.8) is 0 Å². The first-order valence-corrected chi connectivity index (χ1v) is 13.4. The van der Waals surface area contributed by atoms with Crippen LogP contribution in [0.1, 0.15) is 29.0 Å². The topological polar surface area (TPSA) is 54.4 Å². The summed E-state index contributed by atoms with van der Waals surface area (Å²) >= 11 is 9.88. The summed E-state index contributed by atoms with van der Waals surface area (Å²) in [7, 11) is 3.52. The summed E-state index contributed by atoms with van der Waals surface area (Å²) in [6.45, 7) is 0.610. The lowest BCUT2D eigenvalue weighted by molar-refractivity contribution is 0.0118. The molecule has 4 aromatic carbocycles. The van der Waals surface area contributed by atoms with Gasteiger partial charge in [-0.3, -0.25) is 0 Å². The SMILES string of the molecule is CNCC[C@@](O)(c1cccc2ccccc12)[C@H](c1ccc(Cl)cc1)c1cc2cc(Br)ccc2nc1OC. The molecule has 37 heavy (non-hydrogen) atoms. The van der Waals surface area contributed by atoms with Crippen LogP contribution in [0.3, 0.4) is 0 Å². The Hall–Kier alpha value is -2.96. The fourth-order valence-electron chi connectivity index (χ4n) is 5.24. The van der Waals surface area contributed by atoms with Crippen LogP contribution in [0.25, 0.3) is 21.7 Å². The third kappa shape index (κ3) is 4.97. The predicted molar refractivity (Wildman–Crippen MR) is 156 cm³/mol. The standard InChI is InChI=1S/C31H28BrClN2O2/c1-34-17-16-31(36,27-9-5-7-20-6-3-4-8-25(20)27)29(21-10-13-24(33)14-11-21)26-19-22-18-23(32)12-15-28(22)35-30(26)37-2/h3-15,18-19,29,34,36H,16-17H2,1-2H3/t29-,31-/m1/s1. The molecule has 0 aliphatic carbocycles. The average Bonchev–Trinajstić information content (AvgIpc) is 2.92. The smallest absolute Gasteiger partial charge is 0.217 e. The first-order valence-electron chi connectivity index (χ1n) is 12.2. The molecule has 0 fully saturated rings. The molecule has 4 nitrogen and oxygen atoms in total. The lowest BCUT2D eigenvalue weighted by atomic mass is 9.70. The number of benzene rings is 4. The number of pyridine rings is 1. The zero-order chi connectivity index (χ0) is 26.0. The van der Waals surface area contributed by atoms with Gasteiger partial charge in [0.1, 0.15) is 5.60 Å².